The lowest BCUT2D eigenvalue weighted by molar-refractivity contribution is -0.161. The maximum Gasteiger partial charge on any atom is 0.327 e. The fourth-order valence-corrected chi connectivity index (χ4v) is 6.53. The van der Waals surface area contributed by atoms with E-state index in [-0.39, 0.29) is 23.1 Å². The maximum atomic E-state index is 13.0. The van der Waals surface area contributed by atoms with Crippen LogP contribution in [0.25, 0.3) is 10.9 Å². The molecule has 3 amide bonds. The van der Waals surface area contributed by atoms with Crippen LogP contribution in [0.2, 0.25) is 0 Å². The number of phenols is 1. The number of hydrogen-bond donors (Lipinski definition) is 5. The van der Waals surface area contributed by atoms with E-state index in [1.165, 1.54) is 28.9 Å². The summed E-state index contributed by atoms with van der Waals surface area (Å²) in [6, 6.07) is 9.29. The number of thioether (sulfide) groups is 1. The minimum atomic E-state index is -1.09. The van der Waals surface area contributed by atoms with Crippen molar-refractivity contribution in [3.8, 4) is 11.5 Å². The second-order valence-corrected chi connectivity index (χ2v) is 11.4. The number of nitrogens with one attached hydrogen (secondary N) is 2. The minimum Gasteiger partial charge on any atom is -0.507 e. The van der Waals surface area contributed by atoms with E-state index >= 15 is 0 Å². The Morgan fingerprint density at radius 2 is 1.84 bits per heavy atom. The van der Waals surface area contributed by atoms with E-state index in [1.54, 1.807) is 50.2 Å². The Hall–Kier alpha value is -4.32. The van der Waals surface area contributed by atoms with Gasteiger partial charge < -0.3 is 30.9 Å². The molecule has 2 saturated heterocycles. The van der Waals surface area contributed by atoms with Crippen LogP contribution in [-0.2, 0) is 20.8 Å². The highest BCUT2D eigenvalue weighted by atomic mass is 32.2. The van der Waals surface area contributed by atoms with E-state index in [2.05, 4.69) is 15.6 Å². The van der Waals surface area contributed by atoms with Gasteiger partial charge in [-0.2, -0.15) is 0 Å². The summed E-state index contributed by atoms with van der Waals surface area (Å²) >= 11 is 1.33. The number of aromatic nitrogens is 1. The lowest BCUT2D eigenvalue weighted by Gasteiger charge is -2.43. The van der Waals surface area contributed by atoms with E-state index in [9.17, 15) is 34.5 Å². The number of aliphatic carboxylic acids is 1. The highest BCUT2D eigenvalue weighted by Crippen LogP contribution is 2.50. The van der Waals surface area contributed by atoms with Crippen molar-refractivity contribution in [2.75, 3.05) is 5.32 Å². The van der Waals surface area contributed by atoms with E-state index < -0.39 is 51.6 Å². The molecule has 5 N–H and O–H groups in total. The number of benzene rings is 2. The van der Waals surface area contributed by atoms with Gasteiger partial charge in [0.25, 0.3) is 5.91 Å². The molecular formula is C26H24N4O7S. The number of anilines is 1. The number of aromatic hydroxyl groups is 2. The quantitative estimate of drug-likeness (QED) is 0.296. The maximum absolute atomic E-state index is 13.0. The Balaban J connectivity index is 1.30. The van der Waals surface area contributed by atoms with Gasteiger partial charge in [-0.25, -0.2) is 4.79 Å². The minimum absolute atomic E-state index is 0.0464. The number of pyridine rings is 1. The number of nitrogens with zero attached hydrogens (tertiary/aromatic N) is 2. The number of para-hydroxylation sites is 1. The van der Waals surface area contributed by atoms with E-state index in [1.807, 2.05) is 0 Å². The van der Waals surface area contributed by atoms with E-state index in [4.69, 9.17) is 0 Å². The van der Waals surface area contributed by atoms with Crippen LogP contribution in [0.4, 0.5) is 5.69 Å². The number of carbonyl (C=O) groups is 4. The summed E-state index contributed by atoms with van der Waals surface area (Å²) in [6.45, 7) is 3.51. The molecule has 11 nitrogen and oxygen atoms in total. The highest BCUT2D eigenvalue weighted by molar-refractivity contribution is 8.01. The van der Waals surface area contributed by atoms with Gasteiger partial charge in [-0.3, -0.25) is 19.4 Å². The molecule has 2 fully saturated rings. The van der Waals surface area contributed by atoms with Gasteiger partial charge in [0.15, 0.2) is 0 Å². The molecular weight excluding hydrogens is 512 g/mol. The number of carbonyl (C=O) groups excluding carboxylic acids is 3. The molecule has 0 radical (unpaired) electrons. The fraction of sp³-hybridized carbons (Fsp3) is 0.269. The Morgan fingerprint density at radius 3 is 2.58 bits per heavy atom. The number of phenolic OH excluding ortho intramolecular Hbond substituents is 1. The van der Waals surface area contributed by atoms with Gasteiger partial charge in [0.1, 0.15) is 34.5 Å². The zero-order valence-electron chi connectivity index (χ0n) is 20.3. The van der Waals surface area contributed by atoms with Crippen molar-refractivity contribution < 1.29 is 34.5 Å². The van der Waals surface area contributed by atoms with Gasteiger partial charge in [0, 0.05) is 16.6 Å². The van der Waals surface area contributed by atoms with Crippen molar-refractivity contribution >= 4 is 52.0 Å². The summed E-state index contributed by atoms with van der Waals surface area (Å²) < 4.78 is -0.706. The van der Waals surface area contributed by atoms with Gasteiger partial charge in [0.05, 0.1) is 17.3 Å². The second-order valence-electron chi connectivity index (χ2n) is 9.62. The smallest absolute Gasteiger partial charge is 0.327 e. The third-order valence-corrected chi connectivity index (χ3v) is 8.27. The molecule has 2 aliphatic heterocycles. The molecule has 0 bridgehead atoms. The SMILES string of the molecule is CC1(C)S[C@@H]2C(NC(=O)Cc3ccccc3NC(=O)c3cnc4cccc(O)c4c3O)C(=O)N2[C@H]1C(=O)O. The van der Waals surface area contributed by atoms with E-state index in [0.717, 1.165) is 0 Å². The number of carboxylic acid groups (broad SMARTS) is 1. The van der Waals surface area contributed by atoms with Gasteiger partial charge >= 0.3 is 5.97 Å². The number of rotatable bonds is 6. The number of hydrogen-bond acceptors (Lipinski definition) is 8. The molecule has 12 heteroatoms. The molecule has 5 rings (SSSR count). The van der Waals surface area contributed by atoms with Crippen LogP contribution in [0.1, 0.15) is 29.8 Å². The van der Waals surface area contributed by atoms with Crippen molar-refractivity contribution in [2.24, 2.45) is 0 Å². The number of fused-ring (bicyclic) bond motifs is 2. The molecule has 3 aromatic rings. The molecule has 1 aromatic heterocycles. The first-order valence-electron chi connectivity index (χ1n) is 11.7. The summed E-state index contributed by atoms with van der Waals surface area (Å²) in [7, 11) is 0. The summed E-state index contributed by atoms with van der Waals surface area (Å²) in [5.74, 6) is -3.34. The van der Waals surface area contributed by atoms with Crippen LogP contribution in [0, 0.1) is 0 Å². The standard InChI is InChI=1S/C26H24N4O7S/c1-26(2)21(25(36)37)30-23(35)19(24(30)38-26)29-17(32)10-12-6-3-4-7-14(12)28-22(34)13-11-27-15-8-5-9-16(31)18(15)20(13)33/h3-9,11,19,21,24,31H,10H2,1-2H3,(H,27,33)(H,28,34)(H,29,32)(H,36,37)/t19?,21-,24+/m0/s1. The average molecular weight is 537 g/mol. The molecule has 3 heterocycles. The third-order valence-electron chi connectivity index (χ3n) is 6.70. The van der Waals surface area contributed by atoms with Crippen LogP contribution in [-0.4, -0.2) is 71.1 Å². The lowest BCUT2D eigenvalue weighted by Crippen LogP contribution is -2.70. The molecule has 3 atom stereocenters. The zero-order valence-corrected chi connectivity index (χ0v) is 21.2. The Morgan fingerprint density at radius 1 is 1.11 bits per heavy atom. The second kappa shape index (κ2) is 9.21. The first-order valence-corrected chi connectivity index (χ1v) is 12.6. The molecule has 2 aromatic carbocycles. The lowest BCUT2D eigenvalue weighted by atomic mass is 9.96. The largest absolute Gasteiger partial charge is 0.507 e. The topological polar surface area (TPSA) is 169 Å². The van der Waals surface area contributed by atoms with Crippen LogP contribution in [0.5, 0.6) is 11.5 Å². The normalized spacial score (nSPS) is 21.5. The van der Waals surface area contributed by atoms with Crippen molar-refractivity contribution in [3.63, 3.8) is 0 Å². The number of amides is 3. The van der Waals surface area contributed by atoms with Crippen molar-refractivity contribution in [1.29, 1.82) is 0 Å². The predicted molar refractivity (Wildman–Crippen MR) is 139 cm³/mol. The summed E-state index contributed by atoms with van der Waals surface area (Å²) in [5.41, 5.74) is 0.931. The van der Waals surface area contributed by atoms with E-state index in [0.29, 0.717) is 16.8 Å². The molecule has 0 spiro atoms. The molecule has 2 aliphatic rings. The van der Waals surface area contributed by atoms with Crippen LogP contribution in [0.15, 0.2) is 48.7 Å². The van der Waals surface area contributed by atoms with Crippen molar-refractivity contribution in [2.45, 2.75) is 42.5 Å². The molecule has 38 heavy (non-hydrogen) atoms. The molecule has 196 valence electrons. The number of β-lactam (4-membered cyclic amide) rings is 1. The van der Waals surface area contributed by atoms with Crippen LogP contribution in [0.3, 0.4) is 0 Å². The number of carboxylic acids is 1. The Kier molecular flexibility index (Phi) is 6.14. The molecule has 0 aliphatic carbocycles. The summed E-state index contributed by atoms with van der Waals surface area (Å²) in [4.78, 5) is 55.7. The Bertz CT molecular complexity index is 1510. The molecule has 0 saturated carbocycles. The van der Waals surface area contributed by atoms with Gasteiger partial charge in [-0.05, 0) is 37.6 Å². The first kappa shape index (κ1) is 25.3. The van der Waals surface area contributed by atoms with Crippen molar-refractivity contribution in [3.05, 3.63) is 59.8 Å². The predicted octanol–water partition coefficient (Wildman–Crippen LogP) is 2.07. The summed E-state index contributed by atoms with van der Waals surface area (Å²) in [5, 5.41) is 35.2. The zero-order chi connectivity index (χ0) is 27.4. The average Bonchev–Trinajstić information content (AvgIpc) is 3.12. The molecule has 1 unspecified atom stereocenters. The van der Waals surface area contributed by atoms with Gasteiger partial charge in [-0.15, -0.1) is 11.8 Å². The fourth-order valence-electron chi connectivity index (χ4n) is 4.90. The van der Waals surface area contributed by atoms with Gasteiger partial charge in [0.2, 0.25) is 11.8 Å². The van der Waals surface area contributed by atoms with Gasteiger partial charge in [-0.1, -0.05) is 24.3 Å². The van der Waals surface area contributed by atoms with Crippen LogP contribution < -0.4 is 10.6 Å². The Labute approximate surface area is 220 Å². The highest BCUT2D eigenvalue weighted by Gasteiger charge is 2.64. The monoisotopic (exact) mass is 536 g/mol. The third kappa shape index (κ3) is 4.16. The van der Waals surface area contributed by atoms with Crippen molar-refractivity contribution in [1.82, 2.24) is 15.2 Å². The first-order chi connectivity index (χ1) is 18.0. The summed E-state index contributed by atoms with van der Waals surface area (Å²) in [6.07, 6.45) is 1.03. The van der Waals surface area contributed by atoms with Crippen LogP contribution >= 0.6 is 11.8 Å².